The third-order valence-corrected chi connectivity index (χ3v) is 4.07. The number of carbonyl (C=O) groups excluding carboxylic acids is 3. The van der Waals surface area contributed by atoms with E-state index in [1.54, 1.807) is 24.3 Å². The zero-order valence-electron chi connectivity index (χ0n) is 15.9. The minimum absolute atomic E-state index is 0.180. The molecule has 1 N–H and O–H groups in total. The van der Waals surface area contributed by atoms with Gasteiger partial charge in [0.1, 0.15) is 5.82 Å². The van der Waals surface area contributed by atoms with Crippen LogP contribution in [-0.2, 0) is 23.8 Å². The molecule has 0 unspecified atom stereocenters. The van der Waals surface area contributed by atoms with E-state index in [9.17, 15) is 18.8 Å². The van der Waals surface area contributed by atoms with Crippen molar-refractivity contribution in [3.8, 4) is 11.1 Å². The molecule has 0 radical (unpaired) electrons. The van der Waals surface area contributed by atoms with Crippen molar-refractivity contribution in [2.75, 3.05) is 12.4 Å². The highest BCUT2D eigenvalue weighted by atomic mass is 19.1. The molecule has 1 heterocycles. The third-order valence-electron chi connectivity index (χ3n) is 4.07. The van der Waals surface area contributed by atoms with Crippen LogP contribution in [0.2, 0.25) is 0 Å². The molecule has 1 saturated heterocycles. The number of nitrogens with one attached hydrogen (secondary N) is 1. The van der Waals surface area contributed by atoms with Crippen molar-refractivity contribution in [3.05, 3.63) is 65.6 Å². The quantitative estimate of drug-likeness (QED) is 0.479. The zero-order valence-corrected chi connectivity index (χ0v) is 15.9. The Kier molecular flexibility index (Phi) is 5.36. The predicted molar refractivity (Wildman–Crippen MR) is 101 cm³/mol. The van der Waals surface area contributed by atoms with Crippen LogP contribution in [0.15, 0.2) is 54.2 Å². The number of cyclic esters (lactones) is 2. The van der Waals surface area contributed by atoms with Gasteiger partial charge in [-0.05, 0) is 35.4 Å². The Morgan fingerprint density at radius 2 is 1.72 bits per heavy atom. The summed E-state index contributed by atoms with van der Waals surface area (Å²) in [6, 6.07) is 11.0. The van der Waals surface area contributed by atoms with E-state index in [4.69, 9.17) is 9.47 Å². The van der Waals surface area contributed by atoms with Crippen molar-refractivity contribution in [1.29, 1.82) is 0 Å². The molecule has 0 aliphatic carbocycles. The summed E-state index contributed by atoms with van der Waals surface area (Å²) in [6.45, 7) is 2.92. The van der Waals surface area contributed by atoms with Gasteiger partial charge in [-0.2, -0.15) is 0 Å². The first kappa shape index (κ1) is 20.1. The van der Waals surface area contributed by atoms with Gasteiger partial charge in [-0.1, -0.05) is 18.2 Å². The monoisotopic (exact) mass is 399 g/mol. The summed E-state index contributed by atoms with van der Waals surface area (Å²) in [5.41, 5.74) is 1.35. The van der Waals surface area contributed by atoms with Crippen molar-refractivity contribution in [1.82, 2.24) is 0 Å². The number of esters is 3. The fourth-order valence-electron chi connectivity index (χ4n) is 2.69. The first-order valence-electron chi connectivity index (χ1n) is 8.62. The molecule has 0 atom stereocenters. The molecule has 1 aliphatic heterocycles. The number of rotatable bonds is 4. The summed E-state index contributed by atoms with van der Waals surface area (Å²) >= 11 is 0. The number of anilines is 1. The van der Waals surface area contributed by atoms with Crippen molar-refractivity contribution < 1.29 is 33.0 Å². The Hall–Kier alpha value is -3.68. The summed E-state index contributed by atoms with van der Waals surface area (Å²) in [5.74, 6) is -4.37. The lowest BCUT2D eigenvalue weighted by atomic mass is 10.0. The summed E-state index contributed by atoms with van der Waals surface area (Å²) in [4.78, 5) is 35.7. The highest BCUT2D eigenvalue weighted by molar-refractivity contribution is 6.15. The van der Waals surface area contributed by atoms with Crippen LogP contribution in [0.3, 0.4) is 0 Å². The van der Waals surface area contributed by atoms with Crippen molar-refractivity contribution in [3.63, 3.8) is 0 Å². The van der Waals surface area contributed by atoms with Gasteiger partial charge in [-0.3, -0.25) is 0 Å². The largest absolute Gasteiger partial charge is 0.465 e. The van der Waals surface area contributed by atoms with Crippen molar-refractivity contribution in [2.45, 2.75) is 19.6 Å². The first-order valence-corrected chi connectivity index (χ1v) is 8.62. The molecule has 2 aromatic carbocycles. The SMILES string of the molecule is COC(=O)c1cc(-c2cccc(NC=C3C(=O)OC(C)(C)OC3=O)c2)ccc1F. The van der Waals surface area contributed by atoms with Crippen LogP contribution in [0.25, 0.3) is 11.1 Å². The molecule has 2 aromatic rings. The number of hydrogen-bond acceptors (Lipinski definition) is 7. The van der Waals surface area contributed by atoms with E-state index in [1.165, 1.54) is 45.4 Å². The first-order chi connectivity index (χ1) is 13.7. The van der Waals surface area contributed by atoms with Crippen LogP contribution in [0.4, 0.5) is 10.1 Å². The molecule has 1 aliphatic rings. The Balaban J connectivity index is 1.85. The van der Waals surface area contributed by atoms with Gasteiger partial charge in [0.05, 0.1) is 12.7 Å². The van der Waals surface area contributed by atoms with Gasteiger partial charge >= 0.3 is 17.9 Å². The minimum atomic E-state index is -1.31. The van der Waals surface area contributed by atoms with E-state index in [0.717, 1.165) is 0 Å². The number of halogens is 1. The Morgan fingerprint density at radius 3 is 2.38 bits per heavy atom. The molecule has 150 valence electrons. The molecule has 0 spiro atoms. The molecule has 1 fully saturated rings. The number of ether oxygens (including phenoxy) is 3. The van der Waals surface area contributed by atoms with Gasteiger partial charge in [0.15, 0.2) is 5.57 Å². The predicted octanol–water partition coefficient (Wildman–Crippen LogP) is 3.41. The normalized spacial score (nSPS) is 15.2. The molecule has 7 nitrogen and oxygen atoms in total. The number of methoxy groups -OCH3 is 1. The standard InChI is InChI=1S/C21H18FNO6/c1-21(2)28-19(25)16(20(26)29-21)11-23-14-6-4-5-12(9-14)13-7-8-17(22)15(10-13)18(24)27-3/h4-11,23H,1-3H3. The third kappa shape index (κ3) is 4.43. The van der Waals surface area contributed by atoms with Gasteiger partial charge < -0.3 is 19.5 Å². The lowest BCUT2D eigenvalue weighted by Crippen LogP contribution is -2.42. The van der Waals surface area contributed by atoms with Crippen LogP contribution in [-0.4, -0.2) is 30.8 Å². The average Bonchev–Trinajstić information content (AvgIpc) is 2.66. The smallest absolute Gasteiger partial charge is 0.350 e. The molecule has 3 rings (SSSR count). The lowest BCUT2D eigenvalue weighted by molar-refractivity contribution is -0.222. The fourth-order valence-corrected chi connectivity index (χ4v) is 2.69. The van der Waals surface area contributed by atoms with Crippen molar-refractivity contribution >= 4 is 23.6 Å². The van der Waals surface area contributed by atoms with Gasteiger partial charge in [0.2, 0.25) is 0 Å². The van der Waals surface area contributed by atoms with Gasteiger partial charge in [0.25, 0.3) is 5.79 Å². The van der Waals surface area contributed by atoms with Gasteiger partial charge in [-0.15, -0.1) is 0 Å². The van der Waals surface area contributed by atoms with Crippen LogP contribution in [0.5, 0.6) is 0 Å². The molecule has 0 amide bonds. The maximum atomic E-state index is 13.8. The molecular formula is C21H18FNO6. The summed E-state index contributed by atoms with van der Waals surface area (Å²) in [6.07, 6.45) is 1.20. The van der Waals surface area contributed by atoms with Crippen LogP contribution >= 0.6 is 0 Å². The Bertz CT molecular complexity index is 1010. The van der Waals surface area contributed by atoms with Crippen molar-refractivity contribution in [2.24, 2.45) is 0 Å². The Labute approximate surface area is 166 Å². The van der Waals surface area contributed by atoms with E-state index in [1.807, 2.05) is 0 Å². The van der Waals surface area contributed by atoms with E-state index >= 15 is 0 Å². The fraction of sp³-hybridized carbons (Fsp3) is 0.190. The zero-order chi connectivity index (χ0) is 21.2. The Morgan fingerprint density at radius 1 is 1.07 bits per heavy atom. The summed E-state index contributed by atoms with van der Waals surface area (Å²) in [7, 11) is 1.18. The van der Waals surface area contributed by atoms with Crippen LogP contribution < -0.4 is 5.32 Å². The highest BCUT2D eigenvalue weighted by Crippen LogP contribution is 2.26. The van der Waals surface area contributed by atoms with E-state index < -0.39 is 29.5 Å². The average molecular weight is 399 g/mol. The van der Waals surface area contributed by atoms with Crippen LogP contribution in [0.1, 0.15) is 24.2 Å². The van der Waals surface area contributed by atoms with Crippen LogP contribution in [0, 0.1) is 5.82 Å². The molecular weight excluding hydrogens is 381 g/mol. The summed E-state index contributed by atoms with van der Waals surface area (Å²) in [5, 5.41) is 2.84. The molecule has 8 heteroatoms. The van der Waals surface area contributed by atoms with E-state index in [0.29, 0.717) is 16.8 Å². The van der Waals surface area contributed by atoms with Gasteiger partial charge in [0, 0.05) is 25.7 Å². The summed E-state index contributed by atoms with van der Waals surface area (Å²) < 4.78 is 28.5. The molecule has 0 saturated carbocycles. The second-order valence-corrected chi connectivity index (χ2v) is 6.65. The highest BCUT2D eigenvalue weighted by Gasteiger charge is 2.38. The topological polar surface area (TPSA) is 90.9 Å². The number of carbonyl (C=O) groups is 3. The second kappa shape index (κ2) is 7.75. The second-order valence-electron chi connectivity index (χ2n) is 6.65. The molecule has 29 heavy (non-hydrogen) atoms. The number of benzene rings is 2. The number of hydrogen-bond donors (Lipinski definition) is 1. The van der Waals surface area contributed by atoms with Gasteiger partial charge in [-0.25, -0.2) is 18.8 Å². The van der Waals surface area contributed by atoms with E-state index in [-0.39, 0.29) is 11.1 Å². The molecule has 0 bridgehead atoms. The minimum Gasteiger partial charge on any atom is -0.465 e. The molecule has 0 aromatic heterocycles. The lowest BCUT2D eigenvalue weighted by Gasteiger charge is -2.29. The maximum Gasteiger partial charge on any atom is 0.350 e. The van der Waals surface area contributed by atoms with E-state index in [2.05, 4.69) is 10.1 Å². The maximum absolute atomic E-state index is 13.8.